The van der Waals surface area contributed by atoms with Gasteiger partial charge < -0.3 is 21.1 Å². The van der Waals surface area contributed by atoms with Gasteiger partial charge in [-0.3, -0.25) is 4.79 Å². The maximum absolute atomic E-state index is 11.5. The van der Waals surface area contributed by atoms with E-state index in [0.717, 1.165) is 0 Å². The molecule has 0 aromatic heterocycles. The summed E-state index contributed by atoms with van der Waals surface area (Å²) in [5.74, 6) is -1.49. The van der Waals surface area contributed by atoms with Crippen LogP contribution in [0.15, 0.2) is 18.2 Å². The molecule has 1 rings (SSSR count). The van der Waals surface area contributed by atoms with Crippen molar-refractivity contribution in [3.05, 3.63) is 28.8 Å². The normalized spacial score (nSPS) is 9.58. The van der Waals surface area contributed by atoms with E-state index in [0.29, 0.717) is 0 Å². The second kappa shape index (κ2) is 6.60. The van der Waals surface area contributed by atoms with Crippen LogP contribution in [0.4, 0.5) is 10.5 Å². The zero-order valence-electron chi connectivity index (χ0n) is 9.99. The Hall–Kier alpha value is -2.28. The highest BCUT2D eigenvalue weighted by Gasteiger charge is 2.10. The van der Waals surface area contributed by atoms with Gasteiger partial charge in [0.1, 0.15) is 0 Å². The van der Waals surface area contributed by atoms with Gasteiger partial charge in [0.2, 0.25) is 5.91 Å². The zero-order valence-corrected chi connectivity index (χ0v) is 10.7. The first-order valence-corrected chi connectivity index (χ1v) is 5.60. The summed E-state index contributed by atoms with van der Waals surface area (Å²) < 4.78 is 0. The average Bonchev–Trinajstić information content (AvgIpc) is 2.38. The number of hydrogen-bond donors (Lipinski definition) is 4. The molecule has 1 aromatic rings. The molecule has 0 saturated heterocycles. The first kappa shape index (κ1) is 14.8. The smallest absolute Gasteiger partial charge is 0.335 e. The summed E-state index contributed by atoms with van der Waals surface area (Å²) in [5.41, 5.74) is 0.141. The van der Waals surface area contributed by atoms with Crippen LogP contribution in [0, 0.1) is 0 Å². The highest BCUT2D eigenvalue weighted by molar-refractivity contribution is 6.33. The fourth-order valence-electron chi connectivity index (χ4n) is 1.17. The van der Waals surface area contributed by atoms with Gasteiger partial charge in [-0.1, -0.05) is 11.6 Å². The number of likely N-dealkylation sites (N-methyl/N-ethyl adjacent to an activating group) is 1. The molecule has 0 heterocycles. The van der Waals surface area contributed by atoms with Crippen LogP contribution in [0.2, 0.25) is 5.02 Å². The topological polar surface area (TPSA) is 108 Å². The van der Waals surface area contributed by atoms with Crippen molar-refractivity contribution in [3.8, 4) is 0 Å². The number of halogens is 1. The number of carboxylic acids is 1. The van der Waals surface area contributed by atoms with Crippen LogP contribution in [-0.2, 0) is 4.79 Å². The van der Waals surface area contributed by atoms with E-state index >= 15 is 0 Å². The Balaban J connectivity index is 2.70. The van der Waals surface area contributed by atoms with E-state index in [1.165, 1.54) is 25.2 Å². The van der Waals surface area contributed by atoms with Crippen molar-refractivity contribution in [1.82, 2.24) is 10.6 Å². The molecule has 0 atom stereocenters. The molecule has 0 aliphatic heterocycles. The summed E-state index contributed by atoms with van der Waals surface area (Å²) in [4.78, 5) is 33.2. The van der Waals surface area contributed by atoms with Gasteiger partial charge in [0, 0.05) is 7.05 Å². The Morgan fingerprint density at radius 3 is 2.58 bits per heavy atom. The summed E-state index contributed by atoms with van der Waals surface area (Å²) in [6.45, 7) is -0.196. The van der Waals surface area contributed by atoms with Gasteiger partial charge in [0.15, 0.2) is 0 Å². The van der Waals surface area contributed by atoms with Gasteiger partial charge in [-0.25, -0.2) is 9.59 Å². The Morgan fingerprint density at radius 2 is 2.00 bits per heavy atom. The minimum atomic E-state index is -1.13. The van der Waals surface area contributed by atoms with E-state index in [1.807, 2.05) is 0 Å². The maximum Gasteiger partial charge on any atom is 0.335 e. The van der Waals surface area contributed by atoms with Crippen molar-refractivity contribution in [2.24, 2.45) is 0 Å². The van der Waals surface area contributed by atoms with Crippen LogP contribution in [0.1, 0.15) is 10.4 Å². The molecule has 0 aliphatic rings. The predicted octanol–water partition coefficient (Wildman–Crippen LogP) is 0.906. The molecule has 0 bridgehead atoms. The van der Waals surface area contributed by atoms with Crippen LogP contribution in [0.5, 0.6) is 0 Å². The van der Waals surface area contributed by atoms with Gasteiger partial charge in [0.25, 0.3) is 0 Å². The van der Waals surface area contributed by atoms with E-state index in [4.69, 9.17) is 16.7 Å². The van der Waals surface area contributed by atoms with Crippen LogP contribution < -0.4 is 16.0 Å². The lowest BCUT2D eigenvalue weighted by Crippen LogP contribution is -2.37. The lowest BCUT2D eigenvalue weighted by Gasteiger charge is -2.09. The first-order valence-electron chi connectivity index (χ1n) is 5.22. The molecular formula is C11H12ClN3O4. The number of aromatic carboxylic acids is 1. The predicted molar refractivity (Wildman–Crippen MR) is 69.5 cm³/mol. The number of urea groups is 1. The quantitative estimate of drug-likeness (QED) is 0.659. The number of anilines is 1. The number of carboxylic acid groups (broad SMARTS) is 1. The molecule has 0 radical (unpaired) electrons. The van der Waals surface area contributed by atoms with Crippen LogP contribution >= 0.6 is 11.6 Å². The third-order valence-corrected chi connectivity index (χ3v) is 2.48. The second-order valence-corrected chi connectivity index (χ2v) is 3.89. The summed E-state index contributed by atoms with van der Waals surface area (Å²) in [6.07, 6.45) is 0. The van der Waals surface area contributed by atoms with Crippen molar-refractivity contribution in [1.29, 1.82) is 0 Å². The van der Waals surface area contributed by atoms with Gasteiger partial charge in [-0.15, -0.1) is 0 Å². The highest BCUT2D eigenvalue weighted by atomic mass is 35.5. The number of benzene rings is 1. The largest absolute Gasteiger partial charge is 0.478 e. The molecule has 0 saturated carbocycles. The van der Waals surface area contributed by atoms with E-state index in [2.05, 4.69) is 16.0 Å². The Morgan fingerprint density at radius 1 is 1.32 bits per heavy atom. The Bertz CT molecular complexity index is 519. The number of carbonyl (C=O) groups is 3. The number of hydrogen-bond acceptors (Lipinski definition) is 3. The fourth-order valence-corrected chi connectivity index (χ4v) is 1.33. The standard InChI is InChI=1S/C11H12ClN3O4/c1-13-9(16)5-14-11(19)15-8-4-6(10(17)18)2-3-7(8)12/h2-4H,5H2,1H3,(H,13,16)(H,17,18)(H2,14,15,19). The van der Waals surface area contributed by atoms with E-state index in [1.54, 1.807) is 0 Å². The van der Waals surface area contributed by atoms with Gasteiger partial charge >= 0.3 is 12.0 Å². The lowest BCUT2D eigenvalue weighted by molar-refractivity contribution is -0.119. The molecule has 19 heavy (non-hydrogen) atoms. The molecule has 0 fully saturated rings. The molecule has 1 aromatic carbocycles. The molecule has 8 heteroatoms. The minimum Gasteiger partial charge on any atom is -0.478 e. The molecular weight excluding hydrogens is 274 g/mol. The van der Waals surface area contributed by atoms with Gasteiger partial charge in [0.05, 0.1) is 22.8 Å². The van der Waals surface area contributed by atoms with Crippen molar-refractivity contribution < 1.29 is 19.5 Å². The number of amides is 3. The van der Waals surface area contributed by atoms with Crippen LogP contribution in [0.3, 0.4) is 0 Å². The van der Waals surface area contributed by atoms with Gasteiger partial charge in [-0.05, 0) is 18.2 Å². The molecule has 7 nitrogen and oxygen atoms in total. The second-order valence-electron chi connectivity index (χ2n) is 3.48. The number of carbonyl (C=O) groups excluding carboxylic acids is 2. The summed E-state index contributed by atoms with van der Waals surface area (Å²) in [7, 11) is 1.44. The summed E-state index contributed by atoms with van der Waals surface area (Å²) in [5, 5.41) is 16.0. The first-order chi connectivity index (χ1) is 8.93. The Kier molecular flexibility index (Phi) is 5.13. The number of nitrogens with one attached hydrogen (secondary N) is 3. The van der Waals surface area contributed by atoms with Gasteiger partial charge in [-0.2, -0.15) is 0 Å². The summed E-state index contributed by atoms with van der Waals surface area (Å²) in [6, 6.07) is 3.25. The number of rotatable bonds is 4. The van der Waals surface area contributed by atoms with Crippen molar-refractivity contribution in [2.45, 2.75) is 0 Å². The summed E-state index contributed by atoms with van der Waals surface area (Å²) >= 11 is 5.82. The van der Waals surface area contributed by atoms with Crippen LogP contribution in [0.25, 0.3) is 0 Å². The van der Waals surface area contributed by atoms with E-state index in [-0.39, 0.29) is 28.7 Å². The maximum atomic E-state index is 11.5. The zero-order chi connectivity index (χ0) is 14.4. The monoisotopic (exact) mass is 285 g/mol. The van der Waals surface area contributed by atoms with Crippen LogP contribution in [-0.4, -0.2) is 36.6 Å². The molecule has 0 unspecified atom stereocenters. The molecule has 4 N–H and O–H groups in total. The van der Waals surface area contributed by atoms with Crippen molar-refractivity contribution >= 4 is 35.2 Å². The third-order valence-electron chi connectivity index (χ3n) is 2.15. The molecule has 102 valence electrons. The molecule has 0 spiro atoms. The minimum absolute atomic E-state index is 0.00833. The fraction of sp³-hybridized carbons (Fsp3) is 0.182. The molecule has 0 aliphatic carbocycles. The van der Waals surface area contributed by atoms with E-state index < -0.39 is 12.0 Å². The highest BCUT2D eigenvalue weighted by Crippen LogP contribution is 2.22. The SMILES string of the molecule is CNC(=O)CNC(=O)Nc1cc(C(=O)O)ccc1Cl. The van der Waals surface area contributed by atoms with Crippen molar-refractivity contribution in [2.75, 3.05) is 18.9 Å². The third kappa shape index (κ3) is 4.47. The lowest BCUT2D eigenvalue weighted by atomic mass is 10.2. The Labute approximate surface area is 113 Å². The van der Waals surface area contributed by atoms with Crippen molar-refractivity contribution in [3.63, 3.8) is 0 Å². The average molecular weight is 286 g/mol. The molecule has 3 amide bonds. The van der Waals surface area contributed by atoms with E-state index in [9.17, 15) is 14.4 Å².